The monoisotopic (exact) mass is 1360 g/mol. The van der Waals surface area contributed by atoms with Crippen LogP contribution in [-0.2, 0) is 65.4 Å². The van der Waals surface area contributed by atoms with Crippen molar-refractivity contribution in [1.29, 1.82) is 0 Å². The lowest BCUT2D eigenvalue weighted by Gasteiger charge is -2.21. The number of allylic oxidation sites excluding steroid dienone is 4. The van der Waals surface area contributed by atoms with Crippen LogP contribution in [0, 0.1) is 5.92 Å². The zero-order valence-corrected chi connectivity index (χ0v) is 61.7. The second kappa shape index (κ2) is 66.8. The van der Waals surface area contributed by atoms with Crippen LogP contribution in [-0.4, -0.2) is 96.7 Å². The summed E-state index contributed by atoms with van der Waals surface area (Å²) >= 11 is 0. The number of hydrogen-bond acceptors (Lipinski definition) is 15. The van der Waals surface area contributed by atoms with Crippen LogP contribution in [0.2, 0.25) is 0 Å². The van der Waals surface area contributed by atoms with Gasteiger partial charge in [0.1, 0.15) is 19.3 Å². The van der Waals surface area contributed by atoms with Crippen molar-refractivity contribution in [3.8, 4) is 0 Å². The average molecular weight is 1360 g/mol. The minimum absolute atomic E-state index is 0.0856. The molecule has 0 rings (SSSR count). The molecule has 548 valence electrons. The summed E-state index contributed by atoms with van der Waals surface area (Å²) in [6.45, 7) is 7.16. The Hall–Kier alpha value is -2.46. The van der Waals surface area contributed by atoms with Crippen LogP contribution in [0.5, 0.6) is 0 Å². The van der Waals surface area contributed by atoms with E-state index in [0.29, 0.717) is 31.6 Å². The van der Waals surface area contributed by atoms with Gasteiger partial charge >= 0.3 is 39.5 Å². The second-order valence-corrected chi connectivity index (χ2v) is 29.4. The van der Waals surface area contributed by atoms with Crippen molar-refractivity contribution < 1.29 is 80.2 Å². The molecule has 0 aromatic carbocycles. The molecule has 0 spiro atoms. The second-order valence-electron chi connectivity index (χ2n) is 26.5. The van der Waals surface area contributed by atoms with Gasteiger partial charge < -0.3 is 33.8 Å². The molecular weight excluding hydrogens is 1220 g/mol. The first-order valence-electron chi connectivity index (χ1n) is 38.0. The zero-order chi connectivity index (χ0) is 68.4. The van der Waals surface area contributed by atoms with Crippen LogP contribution < -0.4 is 0 Å². The molecule has 0 fully saturated rings. The highest BCUT2D eigenvalue weighted by Gasteiger charge is 2.30. The first-order chi connectivity index (χ1) is 45.0. The average Bonchev–Trinajstić information content (AvgIpc) is 2.71. The van der Waals surface area contributed by atoms with E-state index in [4.69, 9.17) is 37.0 Å². The number of phosphoric acid groups is 2. The van der Waals surface area contributed by atoms with E-state index in [1.807, 2.05) is 0 Å². The number of hydrogen-bond donors (Lipinski definition) is 3. The fraction of sp³-hybridized carbons (Fsp3) is 0.892. The van der Waals surface area contributed by atoms with Crippen molar-refractivity contribution in [3.63, 3.8) is 0 Å². The predicted molar refractivity (Wildman–Crippen MR) is 377 cm³/mol. The Bertz CT molecular complexity index is 1880. The molecule has 0 aliphatic carbocycles. The Balaban J connectivity index is 5.29. The normalized spacial score (nSPS) is 14.2. The van der Waals surface area contributed by atoms with Crippen LogP contribution in [0.15, 0.2) is 24.3 Å². The van der Waals surface area contributed by atoms with Crippen LogP contribution in [0.4, 0.5) is 0 Å². The highest BCUT2D eigenvalue weighted by Crippen LogP contribution is 2.45. The molecule has 0 heterocycles. The van der Waals surface area contributed by atoms with Crippen LogP contribution in [0.25, 0.3) is 0 Å². The first kappa shape index (κ1) is 90.5. The summed E-state index contributed by atoms with van der Waals surface area (Å²) in [5.41, 5.74) is 0. The number of ether oxygens (including phenoxy) is 4. The lowest BCUT2D eigenvalue weighted by molar-refractivity contribution is -0.161. The quantitative estimate of drug-likeness (QED) is 0.0169. The van der Waals surface area contributed by atoms with E-state index in [1.165, 1.54) is 167 Å². The Morgan fingerprint density at radius 3 is 0.882 bits per heavy atom. The number of unbranched alkanes of at least 4 members (excludes halogenated alkanes) is 41. The topological polar surface area (TPSA) is 237 Å². The van der Waals surface area contributed by atoms with E-state index in [1.54, 1.807) is 0 Å². The van der Waals surface area contributed by atoms with Crippen molar-refractivity contribution in [3.05, 3.63) is 24.3 Å². The summed E-state index contributed by atoms with van der Waals surface area (Å²) in [4.78, 5) is 72.7. The van der Waals surface area contributed by atoms with Gasteiger partial charge in [-0.3, -0.25) is 37.3 Å². The molecule has 0 bridgehead atoms. The highest BCUT2D eigenvalue weighted by atomic mass is 31.2. The number of aliphatic hydroxyl groups is 1. The first-order valence-corrected chi connectivity index (χ1v) is 40.9. The van der Waals surface area contributed by atoms with Gasteiger partial charge in [-0.25, -0.2) is 9.13 Å². The van der Waals surface area contributed by atoms with Gasteiger partial charge in [-0.2, -0.15) is 0 Å². The molecule has 0 saturated carbocycles. The summed E-state index contributed by atoms with van der Waals surface area (Å²) in [5, 5.41) is 10.6. The molecule has 0 radical (unpaired) electrons. The maximum Gasteiger partial charge on any atom is 0.472 e. The largest absolute Gasteiger partial charge is 0.472 e. The van der Waals surface area contributed by atoms with Crippen molar-refractivity contribution in [2.75, 3.05) is 39.6 Å². The van der Waals surface area contributed by atoms with Gasteiger partial charge in [0.25, 0.3) is 0 Å². The Morgan fingerprint density at radius 2 is 0.581 bits per heavy atom. The Morgan fingerprint density at radius 1 is 0.333 bits per heavy atom. The predicted octanol–water partition coefficient (Wildman–Crippen LogP) is 21.2. The molecule has 2 unspecified atom stereocenters. The molecule has 0 aliphatic rings. The molecule has 19 heteroatoms. The molecule has 0 aromatic rings. The molecule has 93 heavy (non-hydrogen) atoms. The maximum atomic E-state index is 13.1. The fourth-order valence-electron chi connectivity index (χ4n) is 10.8. The summed E-state index contributed by atoms with van der Waals surface area (Å²) < 4.78 is 68.4. The molecule has 17 nitrogen and oxygen atoms in total. The van der Waals surface area contributed by atoms with Gasteiger partial charge in [-0.1, -0.05) is 309 Å². The molecule has 0 aliphatic heterocycles. The molecule has 0 saturated heterocycles. The number of aliphatic hydroxyl groups excluding tert-OH is 1. The highest BCUT2D eigenvalue weighted by molar-refractivity contribution is 7.47. The van der Waals surface area contributed by atoms with Gasteiger partial charge in [0.05, 0.1) is 26.4 Å². The number of carbonyl (C=O) groups excluding carboxylic acids is 4. The van der Waals surface area contributed by atoms with E-state index >= 15 is 0 Å². The summed E-state index contributed by atoms with van der Waals surface area (Å²) in [7, 11) is -9.92. The molecule has 3 N–H and O–H groups in total. The number of carbonyl (C=O) groups is 4. The van der Waals surface area contributed by atoms with E-state index in [0.717, 1.165) is 109 Å². The number of rotatable bonds is 72. The Labute approximate surface area is 567 Å². The maximum absolute atomic E-state index is 13.1. The van der Waals surface area contributed by atoms with Gasteiger partial charge in [-0.05, 0) is 57.3 Å². The van der Waals surface area contributed by atoms with Crippen molar-refractivity contribution >= 4 is 39.5 Å². The minimum Gasteiger partial charge on any atom is -0.462 e. The van der Waals surface area contributed by atoms with Gasteiger partial charge in [0.15, 0.2) is 12.2 Å². The third-order valence-corrected chi connectivity index (χ3v) is 18.6. The Kier molecular flexibility index (Phi) is 65.0. The smallest absolute Gasteiger partial charge is 0.462 e. The fourth-order valence-corrected chi connectivity index (χ4v) is 12.4. The van der Waals surface area contributed by atoms with Crippen molar-refractivity contribution in [2.45, 2.75) is 380 Å². The van der Waals surface area contributed by atoms with E-state index in [2.05, 4.69) is 58.9 Å². The summed E-state index contributed by atoms with van der Waals surface area (Å²) in [6.07, 6.45) is 57.6. The third-order valence-electron chi connectivity index (χ3n) is 16.7. The molecule has 5 atom stereocenters. The molecule has 0 amide bonds. The van der Waals surface area contributed by atoms with Gasteiger partial charge in [0, 0.05) is 25.7 Å². The number of esters is 4. The SMILES string of the molecule is CCCCCC/C=C\C=C/CCCCCCCC(=O)O[C@H](COC(=O)CCCCCCCCCCCCCCCC)COP(=O)(O)OC[C@@H](O)COP(=O)(O)OC[C@@H](COC(=O)CCCCCCCCCC(C)C)OC(=O)CCCCCCCCCCCCCCCC. The molecular formula is C74H140O17P2. The van der Waals surface area contributed by atoms with E-state index < -0.39 is 97.5 Å². The van der Waals surface area contributed by atoms with E-state index in [9.17, 15) is 43.2 Å². The summed E-state index contributed by atoms with van der Waals surface area (Å²) in [5.74, 6) is -1.44. The van der Waals surface area contributed by atoms with Crippen LogP contribution in [0.3, 0.4) is 0 Å². The van der Waals surface area contributed by atoms with E-state index in [-0.39, 0.29) is 25.7 Å². The standard InChI is InChI=1S/C74H140O17P2/c1-6-9-12-15-18-21-24-27-30-33-36-39-44-50-55-60-73(78)90-69(63-84-71(76)57-52-47-42-37-34-31-28-25-22-19-16-13-10-7-2)65-88-92(80,81)86-61-68(75)62-87-93(82,83)89-66-70(64-85-72(77)58-53-48-45-40-41-46-51-56-67(4)5)91-74(79)59-54-49-43-38-35-32-29-26-23-20-17-14-11-8-3/h21,24,27,30,67-70,75H,6-20,22-23,25-26,28-29,31-66H2,1-5H3,(H,80,81)(H,82,83)/b24-21-,30-27-/t68-,69-,70-/m1/s1. The minimum atomic E-state index is -4.96. The van der Waals surface area contributed by atoms with Gasteiger partial charge in [0.2, 0.25) is 0 Å². The van der Waals surface area contributed by atoms with Crippen molar-refractivity contribution in [2.24, 2.45) is 5.92 Å². The zero-order valence-electron chi connectivity index (χ0n) is 59.9. The molecule has 0 aromatic heterocycles. The summed E-state index contributed by atoms with van der Waals surface area (Å²) in [6, 6.07) is 0. The lowest BCUT2D eigenvalue weighted by Crippen LogP contribution is -2.30. The van der Waals surface area contributed by atoms with Crippen LogP contribution in [0.1, 0.15) is 362 Å². The van der Waals surface area contributed by atoms with Crippen LogP contribution >= 0.6 is 15.6 Å². The van der Waals surface area contributed by atoms with Crippen molar-refractivity contribution in [1.82, 2.24) is 0 Å². The third kappa shape index (κ3) is 67.9. The van der Waals surface area contributed by atoms with Gasteiger partial charge in [-0.15, -0.1) is 0 Å². The lowest BCUT2D eigenvalue weighted by atomic mass is 10.0. The number of phosphoric ester groups is 2.